The van der Waals surface area contributed by atoms with Crippen LogP contribution in [0.15, 0.2) is 47.5 Å². The summed E-state index contributed by atoms with van der Waals surface area (Å²) < 4.78 is 53.7. The summed E-state index contributed by atoms with van der Waals surface area (Å²) in [6.45, 7) is 0. The third-order valence-electron chi connectivity index (χ3n) is 3.57. The fourth-order valence-corrected chi connectivity index (χ4v) is 2.47. The Morgan fingerprint density at radius 1 is 1.12 bits per heavy atom. The lowest BCUT2D eigenvalue weighted by atomic mass is 10.2. The minimum Gasteiger partial charge on any atom is -0.284 e. The van der Waals surface area contributed by atoms with Gasteiger partial charge in [0.25, 0.3) is 17.2 Å². The highest BCUT2D eigenvalue weighted by Gasteiger charge is 2.36. The number of halogens is 4. The number of benzene rings is 1. The molecule has 6 nitrogen and oxygen atoms in total. The van der Waals surface area contributed by atoms with Gasteiger partial charge in [0.1, 0.15) is 5.82 Å². The Kier molecular flexibility index (Phi) is 3.11. The van der Waals surface area contributed by atoms with Crippen LogP contribution < -0.4 is 5.56 Å². The zero-order valence-electron chi connectivity index (χ0n) is 12.2. The molecule has 0 aliphatic heterocycles. The van der Waals surface area contributed by atoms with Crippen molar-refractivity contribution in [2.24, 2.45) is 0 Å². The first kappa shape index (κ1) is 15.2. The zero-order valence-corrected chi connectivity index (χ0v) is 12.2. The summed E-state index contributed by atoms with van der Waals surface area (Å²) in [6.07, 6.45) is -2.28. The molecule has 10 heteroatoms. The largest absolute Gasteiger partial charge is 0.453 e. The van der Waals surface area contributed by atoms with E-state index in [2.05, 4.69) is 15.1 Å². The lowest BCUT2D eigenvalue weighted by Crippen LogP contribution is -2.19. The molecular formula is C15H7F4N5O. The van der Waals surface area contributed by atoms with Gasteiger partial charge in [0, 0.05) is 12.4 Å². The van der Waals surface area contributed by atoms with Crippen molar-refractivity contribution in [1.29, 1.82) is 0 Å². The molecule has 0 aliphatic carbocycles. The van der Waals surface area contributed by atoms with Crippen LogP contribution in [0, 0.1) is 5.82 Å². The maximum absolute atomic E-state index is 13.4. The van der Waals surface area contributed by atoms with Crippen molar-refractivity contribution >= 4 is 16.7 Å². The molecule has 0 saturated heterocycles. The monoisotopic (exact) mass is 349 g/mol. The smallest absolute Gasteiger partial charge is 0.284 e. The molecule has 3 heterocycles. The molecule has 4 rings (SSSR count). The van der Waals surface area contributed by atoms with Crippen LogP contribution in [0.2, 0.25) is 0 Å². The first-order chi connectivity index (χ1) is 11.8. The van der Waals surface area contributed by atoms with E-state index in [1.54, 1.807) is 0 Å². The summed E-state index contributed by atoms with van der Waals surface area (Å²) >= 11 is 0. The topological polar surface area (TPSA) is 65.1 Å². The minimum absolute atomic E-state index is 0.0258. The molecule has 3 aromatic heterocycles. The molecule has 0 amide bonds. The summed E-state index contributed by atoms with van der Waals surface area (Å²) in [4.78, 5) is 19.7. The van der Waals surface area contributed by atoms with Gasteiger partial charge in [-0.3, -0.25) is 9.36 Å². The van der Waals surface area contributed by atoms with Crippen LogP contribution in [0.4, 0.5) is 17.6 Å². The van der Waals surface area contributed by atoms with Crippen LogP contribution in [0.1, 0.15) is 5.82 Å². The molecule has 126 valence electrons. The summed E-state index contributed by atoms with van der Waals surface area (Å²) in [7, 11) is 0. The average molecular weight is 349 g/mol. The van der Waals surface area contributed by atoms with Crippen LogP contribution in [-0.2, 0) is 6.18 Å². The number of fused-ring (bicyclic) bond motifs is 3. The molecule has 0 spiro atoms. The second-order valence-electron chi connectivity index (χ2n) is 5.17. The normalized spacial score (nSPS) is 12.2. The lowest BCUT2D eigenvalue weighted by Gasteiger charge is -2.07. The Hall–Kier alpha value is -3.30. The van der Waals surface area contributed by atoms with E-state index in [9.17, 15) is 22.4 Å². The van der Waals surface area contributed by atoms with Crippen molar-refractivity contribution in [2.45, 2.75) is 6.18 Å². The minimum atomic E-state index is -4.73. The van der Waals surface area contributed by atoms with Crippen molar-refractivity contribution in [3.63, 3.8) is 0 Å². The molecule has 0 aliphatic rings. The molecule has 0 atom stereocenters. The highest BCUT2D eigenvalue weighted by Crippen LogP contribution is 2.26. The predicted octanol–water partition coefficient (Wildman–Crippen LogP) is 2.59. The van der Waals surface area contributed by atoms with Crippen LogP contribution in [0.3, 0.4) is 0 Å². The van der Waals surface area contributed by atoms with Gasteiger partial charge in [0.2, 0.25) is 0 Å². The summed E-state index contributed by atoms with van der Waals surface area (Å²) in [5.74, 6) is -2.14. The van der Waals surface area contributed by atoms with E-state index in [1.165, 1.54) is 35.0 Å². The Bertz CT molecular complexity index is 1180. The lowest BCUT2D eigenvalue weighted by molar-refractivity contribution is -0.144. The van der Waals surface area contributed by atoms with Gasteiger partial charge in [0.05, 0.1) is 16.6 Å². The highest BCUT2D eigenvalue weighted by molar-refractivity contribution is 5.78. The second-order valence-corrected chi connectivity index (χ2v) is 5.17. The molecule has 4 aromatic rings. The summed E-state index contributed by atoms with van der Waals surface area (Å²) in [6, 6.07) is 6.76. The Morgan fingerprint density at radius 2 is 1.92 bits per heavy atom. The van der Waals surface area contributed by atoms with Gasteiger partial charge < -0.3 is 0 Å². The van der Waals surface area contributed by atoms with E-state index in [1.807, 2.05) is 0 Å². The van der Waals surface area contributed by atoms with Crippen molar-refractivity contribution < 1.29 is 17.6 Å². The fraction of sp³-hybridized carbons (Fsp3) is 0.0667. The third-order valence-corrected chi connectivity index (χ3v) is 3.57. The maximum Gasteiger partial charge on any atom is 0.453 e. The van der Waals surface area contributed by atoms with E-state index in [4.69, 9.17) is 0 Å². The molecule has 0 radical (unpaired) electrons. The van der Waals surface area contributed by atoms with Gasteiger partial charge >= 0.3 is 6.18 Å². The molecule has 1 aromatic carbocycles. The molecular weight excluding hydrogens is 342 g/mol. The number of pyridine rings is 1. The first-order valence-corrected chi connectivity index (χ1v) is 6.95. The molecule has 0 unspecified atom stereocenters. The van der Waals surface area contributed by atoms with E-state index in [0.717, 1.165) is 16.8 Å². The van der Waals surface area contributed by atoms with Gasteiger partial charge in [-0.15, -0.1) is 5.10 Å². The Balaban J connectivity index is 1.99. The maximum atomic E-state index is 13.4. The van der Waals surface area contributed by atoms with Crippen LogP contribution in [-0.4, -0.2) is 24.1 Å². The van der Waals surface area contributed by atoms with Gasteiger partial charge in [-0.1, -0.05) is 6.07 Å². The van der Waals surface area contributed by atoms with E-state index >= 15 is 0 Å². The third kappa shape index (κ3) is 2.42. The molecule has 0 bridgehead atoms. The van der Waals surface area contributed by atoms with Gasteiger partial charge in [-0.25, -0.2) is 9.37 Å². The highest BCUT2D eigenvalue weighted by atomic mass is 19.4. The van der Waals surface area contributed by atoms with Crippen LogP contribution >= 0.6 is 0 Å². The average Bonchev–Trinajstić information content (AvgIpc) is 3.00. The number of rotatable bonds is 1. The van der Waals surface area contributed by atoms with Crippen molar-refractivity contribution in [3.05, 3.63) is 64.7 Å². The zero-order chi connectivity index (χ0) is 17.8. The van der Waals surface area contributed by atoms with Crippen LogP contribution in [0.25, 0.3) is 22.4 Å². The Labute approximate surface area is 136 Å². The first-order valence-electron chi connectivity index (χ1n) is 6.95. The predicted molar refractivity (Wildman–Crippen MR) is 78.8 cm³/mol. The fourth-order valence-electron chi connectivity index (χ4n) is 2.47. The van der Waals surface area contributed by atoms with Crippen LogP contribution in [0.5, 0.6) is 0 Å². The quantitative estimate of drug-likeness (QED) is 0.496. The van der Waals surface area contributed by atoms with Crippen molar-refractivity contribution in [2.75, 3.05) is 0 Å². The van der Waals surface area contributed by atoms with E-state index in [0.29, 0.717) is 0 Å². The molecule has 0 saturated carbocycles. The number of aromatic nitrogens is 5. The van der Waals surface area contributed by atoms with E-state index < -0.39 is 23.4 Å². The molecule has 0 fully saturated rings. The van der Waals surface area contributed by atoms with Crippen molar-refractivity contribution in [3.8, 4) is 5.69 Å². The summed E-state index contributed by atoms with van der Waals surface area (Å²) in [5.41, 5.74) is -0.172. The van der Waals surface area contributed by atoms with Gasteiger partial charge in [-0.05, 0) is 24.3 Å². The number of hydrogen-bond acceptors (Lipinski definition) is 4. The molecule has 25 heavy (non-hydrogen) atoms. The van der Waals surface area contributed by atoms with Gasteiger partial charge in [-0.2, -0.15) is 22.7 Å². The van der Waals surface area contributed by atoms with E-state index in [-0.39, 0.29) is 22.4 Å². The number of nitrogens with zero attached hydrogens (tertiary/aromatic N) is 5. The summed E-state index contributed by atoms with van der Waals surface area (Å²) in [5, 5.41) is 3.41. The standard InChI is InChI=1S/C15H7F4N5O/c16-8-2-1-3-9(6-8)23-5-4-11-10(12(23)25)7-20-14-21-13(15(17,18)19)22-24(11)14/h1-7H. The van der Waals surface area contributed by atoms with Crippen molar-refractivity contribution in [1.82, 2.24) is 24.1 Å². The molecule has 0 N–H and O–H groups in total. The SMILES string of the molecule is O=c1c2cnc3nc(C(F)(F)F)nn3c2ccn1-c1cccc(F)c1. The number of alkyl halides is 3. The Morgan fingerprint density at radius 3 is 2.64 bits per heavy atom. The second kappa shape index (κ2) is 5.10. The number of hydrogen-bond donors (Lipinski definition) is 0. The van der Waals surface area contributed by atoms with Gasteiger partial charge in [0.15, 0.2) is 0 Å².